The second kappa shape index (κ2) is 7.31. The van der Waals surface area contributed by atoms with Crippen LogP contribution < -0.4 is 10.1 Å². The molecule has 0 spiro atoms. The minimum atomic E-state index is -3.61. The molecule has 1 aliphatic carbocycles. The first kappa shape index (κ1) is 18.2. The molecule has 25 heavy (non-hydrogen) atoms. The number of nitrogens with one attached hydrogen (secondary N) is 1. The molecule has 0 atom stereocenters. The van der Waals surface area contributed by atoms with Crippen molar-refractivity contribution in [1.29, 1.82) is 0 Å². The van der Waals surface area contributed by atoms with Crippen LogP contribution in [0.5, 0.6) is 5.75 Å². The fourth-order valence-corrected chi connectivity index (χ4v) is 4.62. The highest BCUT2D eigenvalue weighted by molar-refractivity contribution is 7.89. The highest BCUT2D eigenvalue weighted by Crippen LogP contribution is 2.28. The van der Waals surface area contributed by atoms with E-state index in [-0.39, 0.29) is 10.8 Å². The summed E-state index contributed by atoms with van der Waals surface area (Å²) in [5.41, 5.74) is 0.870. The second-order valence-corrected chi connectivity index (χ2v) is 8.58. The maximum atomic E-state index is 12.9. The zero-order valence-electron chi connectivity index (χ0n) is 14.7. The number of sulfonamides is 1. The molecule has 8 heteroatoms. The number of benzene rings is 1. The van der Waals surface area contributed by atoms with Gasteiger partial charge in [-0.25, -0.2) is 8.42 Å². The predicted molar refractivity (Wildman–Crippen MR) is 94.1 cm³/mol. The molecule has 0 unspecified atom stereocenters. The molecule has 0 radical (unpaired) electrons. The summed E-state index contributed by atoms with van der Waals surface area (Å²) in [5.74, 6) is 0.385. The number of ether oxygens (including phenoxy) is 1. The average molecular weight is 367 g/mol. The largest absolute Gasteiger partial charge is 0.495 e. The normalized spacial score (nSPS) is 19.6. The molecule has 1 saturated heterocycles. The SMILES string of the molecule is COc1ccc(C)cc1S(=O)(=O)N1CCN(CC(=O)NC2CC2)CC1. The first-order valence-electron chi connectivity index (χ1n) is 8.56. The molecule has 1 N–H and O–H groups in total. The zero-order chi connectivity index (χ0) is 18.0. The van der Waals surface area contributed by atoms with Gasteiger partial charge >= 0.3 is 0 Å². The van der Waals surface area contributed by atoms with E-state index in [9.17, 15) is 13.2 Å². The first-order chi connectivity index (χ1) is 11.9. The van der Waals surface area contributed by atoms with Gasteiger partial charge in [-0.15, -0.1) is 0 Å². The monoisotopic (exact) mass is 367 g/mol. The Bertz CT molecular complexity index is 738. The third-order valence-corrected chi connectivity index (χ3v) is 6.50. The lowest BCUT2D eigenvalue weighted by Gasteiger charge is -2.33. The number of amides is 1. The third kappa shape index (κ3) is 4.31. The van der Waals surface area contributed by atoms with Crippen LogP contribution in [0, 0.1) is 6.92 Å². The summed E-state index contributed by atoms with van der Waals surface area (Å²) in [4.78, 5) is 14.1. The second-order valence-electron chi connectivity index (χ2n) is 6.68. The Hall–Kier alpha value is -1.64. The highest BCUT2D eigenvalue weighted by atomic mass is 32.2. The van der Waals surface area contributed by atoms with Crippen LogP contribution in [0.4, 0.5) is 0 Å². The van der Waals surface area contributed by atoms with Crippen LogP contribution in [0.2, 0.25) is 0 Å². The Labute approximate surface area is 149 Å². The van der Waals surface area contributed by atoms with E-state index in [1.165, 1.54) is 11.4 Å². The number of piperazine rings is 1. The summed E-state index contributed by atoms with van der Waals surface area (Å²) in [6.45, 7) is 4.02. The topological polar surface area (TPSA) is 79.0 Å². The average Bonchev–Trinajstić information content (AvgIpc) is 3.39. The maximum absolute atomic E-state index is 12.9. The van der Waals surface area contributed by atoms with Crippen molar-refractivity contribution in [3.63, 3.8) is 0 Å². The van der Waals surface area contributed by atoms with Crippen molar-refractivity contribution < 1.29 is 17.9 Å². The predicted octanol–water partition coefficient (Wildman–Crippen LogP) is 0.589. The summed E-state index contributed by atoms with van der Waals surface area (Å²) in [6.07, 6.45) is 2.13. The van der Waals surface area contributed by atoms with Gasteiger partial charge in [0.1, 0.15) is 10.6 Å². The van der Waals surface area contributed by atoms with E-state index in [0.717, 1.165) is 18.4 Å². The Balaban J connectivity index is 1.63. The van der Waals surface area contributed by atoms with Crippen LogP contribution in [-0.4, -0.2) is 69.4 Å². The van der Waals surface area contributed by atoms with Crippen LogP contribution in [-0.2, 0) is 14.8 Å². The van der Waals surface area contributed by atoms with Gasteiger partial charge in [-0.1, -0.05) is 6.07 Å². The van der Waals surface area contributed by atoms with Crippen LogP contribution in [0.25, 0.3) is 0 Å². The summed E-state index contributed by atoms with van der Waals surface area (Å²) in [6, 6.07) is 5.50. The Morgan fingerprint density at radius 1 is 1.24 bits per heavy atom. The Morgan fingerprint density at radius 3 is 2.52 bits per heavy atom. The lowest BCUT2D eigenvalue weighted by molar-refractivity contribution is -0.122. The molecule has 1 aromatic carbocycles. The number of carbonyl (C=O) groups is 1. The number of carbonyl (C=O) groups excluding carboxylic acids is 1. The zero-order valence-corrected chi connectivity index (χ0v) is 15.5. The molecule has 1 heterocycles. The fraction of sp³-hybridized carbons (Fsp3) is 0.588. The molecule has 0 aromatic heterocycles. The molecule has 1 aromatic rings. The van der Waals surface area contributed by atoms with Gasteiger partial charge < -0.3 is 10.1 Å². The lowest BCUT2D eigenvalue weighted by atomic mass is 10.2. The maximum Gasteiger partial charge on any atom is 0.246 e. The number of rotatable bonds is 6. The summed E-state index contributed by atoms with van der Waals surface area (Å²) in [7, 11) is -2.13. The first-order valence-corrected chi connectivity index (χ1v) is 10.0. The van der Waals surface area contributed by atoms with Crippen molar-refractivity contribution in [2.24, 2.45) is 0 Å². The number of aryl methyl sites for hydroxylation is 1. The van der Waals surface area contributed by atoms with E-state index in [1.807, 2.05) is 17.9 Å². The number of hydrogen-bond acceptors (Lipinski definition) is 5. The van der Waals surface area contributed by atoms with Crippen LogP contribution >= 0.6 is 0 Å². The molecular formula is C17H25N3O4S. The molecule has 2 fully saturated rings. The summed E-state index contributed by atoms with van der Waals surface area (Å²) < 4.78 is 32.6. The molecule has 1 aliphatic heterocycles. The van der Waals surface area contributed by atoms with Gasteiger partial charge in [-0.2, -0.15) is 4.31 Å². The number of nitrogens with zero attached hydrogens (tertiary/aromatic N) is 2. The minimum absolute atomic E-state index is 0.0270. The van der Waals surface area contributed by atoms with E-state index in [4.69, 9.17) is 4.74 Å². The van der Waals surface area contributed by atoms with Crippen LogP contribution in [0.3, 0.4) is 0 Å². The molecule has 1 amide bonds. The van der Waals surface area contributed by atoms with Gasteiger partial charge in [0.15, 0.2) is 0 Å². The van der Waals surface area contributed by atoms with Gasteiger partial charge in [0.2, 0.25) is 15.9 Å². The van der Waals surface area contributed by atoms with Gasteiger partial charge in [0.05, 0.1) is 13.7 Å². The quantitative estimate of drug-likeness (QED) is 0.796. The van der Waals surface area contributed by atoms with E-state index < -0.39 is 10.0 Å². The third-order valence-electron chi connectivity index (χ3n) is 4.58. The van der Waals surface area contributed by atoms with Crippen molar-refractivity contribution in [3.8, 4) is 5.75 Å². The van der Waals surface area contributed by atoms with Crippen molar-refractivity contribution in [3.05, 3.63) is 23.8 Å². The summed E-state index contributed by atoms with van der Waals surface area (Å²) >= 11 is 0. The Kier molecular flexibility index (Phi) is 5.31. The molecule has 2 aliphatic rings. The number of hydrogen-bond donors (Lipinski definition) is 1. The van der Waals surface area contributed by atoms with Gasteiger partial charge in [0.25, 0.3) is 0 Å². The van der Waals surface area contributed by atoms with Gasteiger partial charge in [-0.3, -0.25) is 9.69 Å². The fourth-order valence-electron chi connectivity index (χ4n) is 2.96. The van der Waals surface area contributed by atoms with Crippen molar-refractivity contribution in [2.45, 2.75) is 30.7 Å². The molecule has 3 rings (SSSR count). The Morgan fingerprint density at radius 2 is 1.92 bits per heavy atom. The van der Waals surface area contributed by atoms with Crippen LogP contribution in [0.15, 0.2) is 23.1 Å². The molecule has 1 saturated carbocycles. The highest BCUT2D eigenvalue weighted by Gasteiger charge is 2.32. The molecule has 7 nitrogen and oxygen atoms in total. The molecule has 0 bridgehead atoms. The lowest BCUT2D eigenvalue weighted by Crippen LogP contribution is -2.51. The minimum Gasteiger partial charge on any atom is -0.495 e. The standard InChI is InChI=1S/C17H25N3O4S/c1-13-3-6-15(24-2)16(11-13)25(22,23)20-9-7-19(8-10-20)12-17(21)18-14-4-5-14/h3,6,11,14H,4-5,7-10,12H2,1-2H3,(H,18,21). The summed E-state index contributed by atoms with van der Waals surface area (Å²) in [5, 5.41) is 2.96. The molecule has 138 valence electrons. The van der Waals surface area contributed by atoms with E-state index in [1.54, 1.807) is 12.1 Å². The van der Waals surface area contributed by atoms with Crippen molar-refractivity contribution in [1.82, 2.24) is 14.5 Å². The van der Waals surface area contributed by atoms with E-state index in [0.29, 0.717) is 44.5 Å². The molecular weight excluding hydrogens is 342 g/mol. The smallest absolute Gasteiger partial charge is 0.246 e. The van der Waals surface area contributed by atoms with Gasteiger partial charge in [-0.05, 0) is 37.5 Å². The van der Waals surface area contributed by atoms with E-state index in [2.05, 4.69) is 5.32 Å². The van der Waals surface area contributed by atoms with Crippen molar-refractivity contribution >= 4 is 15.9 Å². The van der Waals surface area contributed by atoms with Crippen molar-refractivity contribution in [2.75, 3.05) is 39.8 Å². The van der Waals surface area contributed by atoms with Gasteiger partial charge in [0, 0.05) is 32.2 Å². The van der Waals surface area contributed by atoms with E-state index >= 15 is 0 Å². The number of methoxy groups -OCH3 is 1. The van der Waals surface area contributed by atoms with Crippen LogP contribution in [0.1, 0.15) is 18.4 Å².